The number of hydrogen-bond donors (Lipinski definition) is 2. The molecule has 1 aromatic heterocycles. The van der Waals surface area contributed by atoms with Gasteiger partial charge in [-0.1, -0.05) is 31.5 Å². The molecular weight excluding hydrogens is 466 g/mol. The zero-order valence-corrected chi connectivity index (χ0v) is 19.3. The van der Waals surface area contributed by atoms with Gasteiger partial charge in [0.05, 0.1) is 22.0 Å². The third-order valence-electron chi connectivity index (χ3n) is 4.09. The summed E-state index contributed by atoms with van der Waals surface area (Å²) in [6.07, 6.45) is 0. The largest absolute Gasteiger partial charge is 0.452 e. The number of esters is 1. The van der Waals surface area contributed by atoms with Crippen LogP contribution < -0.4 is 10.6 Å². The molecule has 0 saturated heterocycles. The fourth-order valence-corrected chi connectivity index (χ4v) is 4.85. The van der Waals surface area contributed by atoms with Crippen molar-refractivity contribution in [1.82, 2.24) is 14.9 Å². The van der Waals surface area contributed by atoms with Crippen molar-refractivity contribution in [3.63, 3.8) is 0 Å². The highest BCUT2D eigenvalue weighted by Crippen LogP contribution is 2.23. The average molecular weight is 488 g/mol. The summed E-state index contributed by atoms with van der Waals surface area (Å²) in [5, 5.41) is 6.35. The zero-order valence-electron chi connectivity index (χ0n) is 16.9. The molecule has 0 aliphatic carbocycles. The molecule has 0 atom stereocenters. The summed E-state index contributed by atoms with van der Waals surface area (Å²) in [7, 11) is -3.81. The van der Waals surface area contributed by atoms with Crippen molar-refractivity contribution in [2.75, 3.05) is 19.7 Å². The van der Waals surface area contributed by atoms with E-state index in [0.717, 1.165) is 10.9 Å². The Morgan fingerprint density at radius 3 is 2.48 bits per heavy atom. The maximum Gasteiger partial charge on any atom is 0.340 e. The lowest BCUT2D eigenvalue weighted by Crippen LogP contribution is -2.41. The minimum atomic E-state index is -3.81. The van der Waals surface area contributed by atoms with Crippen molar-refractivity contribution in [2.45, 2.75) is 25.3 Å². The predicted octanol–water partition coefficient (Wildman–Crippen LogP) is 2.61. The van der Waals surface area contributed by atoms with Crippen LogP contribution in [0.1, 0.15) is 29.1 Å². The number of nitrogens with zero attached hydrogens (tertiary/aromatic N) is 1. The minimum absolute atomic E-state index is 0.0300. The second kappa shape index (κ2) is 11.2. The Balaban J connectivity index is 1.97. The van der Waals surface area contributed by atoms with E-state index in [0.29, 0.717) is 0 Å². The number of carbonyl (C=O) groups excluding carboxylic acids is 3. The second-order valence-electron chi connectivity index (χ2n) is 6.12. The molecule has 9 nitrogen and oxygen atoms in total. The molecule has 0 bridgehead atoms. The monoisotopic (exact) mass is 487 g/mol. The van der Waals surface area contributed by atoms with Crippen molar-refractivity contribution < 1.29 is 27.5 Å². The number of sulfonamides is 1. The first-order valence-electron chi connectivity index (χ1n) is 9.25. The molecular formula is C19H22ClN3O6S2. The van der Waals surface area contributed by atoms with Crippen LogP contribution in [0, 0.1) is 0 Å². The minimum Gasteiger partial charge on any atom is -0.452 e. The molecule has 0 fully saturated rings. The lowest BCUT2D eigenvalue weighted by Gasteiger charge is -2.19. The van der Waals surface area contributed by atoms with Gasteiger partial charge in [0.15, 0.2) is 6.61 Å². The first-order chi connectivity index (χ1) is 14.7. The van der Waals surface area contributed by atoms with Crippen molar-refractivity contribution >= 4 is 50.9 Å². The summed E-state index contributed by atoms with van der Waals surface area (Å²) in [5.41, 5.74) is -0.204. The van der Waals surface area contributed by atoms with Crippen molar-refractivity contribution in [2.24, 2.45) is 0 Å². The molecule has 168 valence electrons. The smallest absolute Gasteiger partial charge is 0.340 e. The molecule has 12 heteroatoms. The van der Waals surface area contributed by atoms with E-state index in [9.17, 15) is 22.8 Å². The third kappa shape index (κ3) is 6.76. The number of amides is 3. The lowest BCUT2D eigenvalue weighted by atomic mass is 10.2. The van der Waals surface area contributed by atoms with Crippen LogP contribution in [0.3, 0.4) is 0 Å². The van der Waals surface area contributed by atoms with Gasteiger partial charge in [-0.05, 0) is 29.6 Å². The van der Waals surface area contributed by atoms with Crippen LogP contribution in [-0.4, -0.2) is 50.3 Å². The van der Waals surface area contributed by atoms with Crippen LogP contribution in [0.2, 0.25) is 5.02 Å². The van der Waals surface area contributed by atoms with Crippen molar-refractivity contribution in [3.8, 4) is 0 Å². The molecule has 2 rings (SSSR count). The number of benzene rings is 1. The third-order valence-corrected chi connectivity index (χ3v) is 7.34. The maximum atomic E-state index is 12.6. The van der Waals surface area contributed by atoms with Gasteiger partial charge >= 0.3 is 12.0 Å². The van der Waals surface area contributed by atoms with E-state index in [1.165, 1.54) is 27.8 Å². The number of urea groups is 1. The van der Waals surface area contributed by atoms with E-state index in [-0.39, 0.29) is 35.1 Å². The number of hydrogen-bond acceptors (Lipinski definition) is 7. The quantitative estimate of drug-likeness (QED) is 0.524. The Bertz CT molecular complexity index is 1040. The van der Waals surface area contributed by atoms with E-state index in [1.54, 1.807) is 13.8 Å². The van der Waals surface area contributed by atoms with Crippen LogP contribution in [0.4, 0.5) is 4.79 Å². The van der Waals surface area contributed by atoms with Crippen LogP contribution >= 0.6 is 22.9 Å². The Labute approximate surface area is 189 Å². The topological polar surface area (TPSA) is 122 Å². The molecule has 1 aromatic carbocycles. The number of halogens is 1. The fourth-order valence-electron chi connectivity index (χ4n) is 2.53. The van der Waals surface area contributed by atoms with Crippen molar-refractivity contribution in [1.29, 1.82) is 0 Å². The van der Waals surface area contributed by atoms with Gasteiger partial charge in [-0.15, -0.1) is 11.3 Å². The summed E-state index contributed by atoms with van der Waals surface area (Å²) in [6, 6.07) is 6.58. The van der Waals surface area contributed by atoms with Crippen LogP contribution in [0.5, 0.6) is 0 Å². The van der Waals surface area contributed by atoms with Crippen molar-refractivity contribution in [3.05, 3.63) is 51.2 Å². The lowest BCUT2D eigenvalue weighted by molar-refractivity contribution is -0.123. The van der Waals surface area contributed by atoms with Gasteiger partial charge in [0.1, 0.15) is 0 Å². The number of carbonyl (C=O) groups is 3. The molecule has 0 unspecified atom stereocenters. The normalized spacial score (nSPS) is 11.2. The Morgan fingerprint density at radius 2 is 1.87 bits per heavy atom. The van der Waals surface area contributed by atoms with E-state index >= 15 is 0 Å². The zero-order chi connectivity index (χ0) is 23.0. The number of nitrogens with one attached hydrogen (secondary N) is 2. The average Bonchev–Trinajstić information content (AvgIpc) is 3.25. The van der Waals surface area contributed by atoms with E-state index < -0.39 is 34.5 Å². The molecule has 31 heavy (non-hydrogen) atoms. The molecule has 0 aliphatic rings. The van der Waals surface area contributed by atoms with Crippen LogP contribution in [0.15, 0.2) is 40.6 Å². The molecule has 0 aliphatic heterocycles. The molecule has 0 radical (unpaired) electrons. The number of thiophene rings is 1. The van der Waals surface area contributed by atoms with Gasteiger partial charge in [-0.25, -0.2) is 18.0 Å². The van der Waals surface area contributed by atoms with Gasteiger partial charge in [-0.2, -0.15) is 4.31 Å². The number of imide groups is 1. The molecule has 2 aromatic rings. The Morgan fingerprint density at radius 1 is 1.16 bits per heavy atom. The predicted molar refractivity (Wildman–Crippen MR) is 117 cm³/mol. The van der Waals surface area contributed by atoms with Crippen LogP contribution in [0.25, 0.3) is 0 Å². The number of rotatable bonds is 9. The van der Waals surface area contributed by atoms with E-state index in [1.807, 2.05) is 22.8 Å². The van der Waals surface area contributed by atoms with Gasteiger partial charge < -0.3 is 10.1 Å². The summed E-state index contributed by atoms with van der Waals surface area (Å²) in [4.78, 5) is 36.7. The Hall–Kier alpha value is -2.47. The SMILES string of the molecule is CCN(CC)S(=O)(=O)c1ccc(Cl)c(C(=O)OCC(=O)NC(=O)NCc2cccs2)c1. The molecule has 0 saturated carbocycles. The van der Waals surface area contributed by atoms with Gasteiger partial charge in [0, 0.05) is 18.0 Å². The summed E-state index contributed by atoms with van der Waals surface area (Å²) >= 11 is 7.45. The van der Waals surface area contributed by atoms with E-state index in [4.69, 9.17) is 16.3 Å². The highest BCUT2D eigenvalue weighted by Gasteiger charge is 2.24. The summed E-state index contributed by atoms with van der Waals surface area (Å²) in [5.74, 6) is -1.84. The molecule has 0 spiro atoms. The highest BCUT2D eigenvalue weighted by atomic mass is 35.5. The second-order valence-corrected chi connectivity index (χ2v) is 9.49. The first kappa shape index (κ1) is 24.8. The van der Waals surface area contributed by atoms with Gasteiger partial charge in [-0.3, -0.25) is 10.1 Å². The molecule has 2 N–H and O–H groups in total. The molecule has 3 amide bonds. The summed E-state index contributed by atoms with van der Waals surface area (Å²) in [6.45, 7) is 3.42. The summed E-state index contributed by atoms with van der Waals surface area (Å²) < 4.78 is 31.4. The molecule has 1 heterocycles. The fraction of sp³-hybridized carbons (Fsp3) is 0.316. The van der Waals surface area contributed by atoms with Gasteiger partial charge in [0.25, 0.3) is 5.91 Å². The standard InChI is InChI=1S/C19H22ClN3O6S2/c1-3-23(4-2)31(27,28)14-7-8-16(20)15(10-14)18(25)29-12-17(24)22-19(26)21-11-13-6-5-9-30-13/h5-10H,3-4,11-12H2,1-2H3,(H2,21,22,24,26). The maximum absolute atomic E-state index is 12.6. The van der Waals surface area contributed by atoms with Crippen LogP contribution in [-0.2, 0) is 26.1 Å². The Kier molecular flexibility index (Phi) is 8.99. The van der Waals surface area contributed by atoms with Gasteiger partial charge in [0.2, 0.25) is 10.0 Å². The highest BCUT2D eigenvalue weighted by molar-refractivity contribution is 7.89. The van der Waals surface area contributed by atoms with E-state index in [2.05, 4.69) is 5.32 Å². The first-order valence-corrected chi connectivity index (χ1v) is 12.0. The number of ether oxygens (including phenoxy) is 1.